The number of nitrogens with one attached hydrogen (secondary N) is 2. The second-order valence-electron chi connectivity index (χ2n) is 9.10. The third-order valence-corrected chi connectivity index (χ3v) is 6.74. The number of nitriles is 2. The third kappa shape index (κ3) is 6.02. The number of hydrogen-bond donors (Lipinski definition) is 4. The molecule has 0 bridgehead atoms. The number of rotatable bonds is 8. The molecule has 0 aliphatic carbocycles. The Morgan fingerprint density at radius 3 is 2.58 bits per heavy atom. The minimum absolute atomic E-state index is 0.0963. The number of piperidine rings is 1. The highest BCUT2D eigenvalue weighted by Crippen LogP contribution is 2.41. The Balaban J connectivity index is 1.69. The fourth-order valence-electron chi connectivity index (χ4n) is 4.72. The summed E-state index contributed by atoms with van der Waals surface area (Å²) in [6.07, 6.45) is 5.96. The van der Waals surface area contributed by atoms with E-state index in [0.717, 1.165) is 12.8 Å². The van der Waals surface area contributed by atoms with E-state index in [1.165, 1.54) is 36.9 Å². The van der Waals surface area contributed by atoms with Crippen molar-refractivity contribution in [3.8, 4) is 45.9 Å². The number of pyridine rings is 1. The molecule has 3 aromatic rings. The van der Waals surface area contributed by atoms with Crippen LogP contribution in [0.1, 0.15) is 24.0 Å². The predicted molar refractivity (Wildman–Crippen MR) is 145 cm³/mol. The Labute approximate surface area is 230 Å². The lowest BCUT2D eigenvalue weighted by Crippen LogP contribution is -2.43. The molecule has 0 atom stereocenters. The van der Waals surface area contributed by atoms with Crippen LogP contribution in [0.5, 0.6) is 11.5 Å². The second kappa shape index (κ2) is 12.7. The monoisotopic (exact) mass is 542 g/mol. The molecule has 1 fully saturated rings. The summed E-state index contributed by atoms with van der Waals surface area (Å²) in [4.78, 5) is 17.7. The van der Waals surface area contributed by atoms with Crippen molar-refractivity contribution >= 4 is 11.7 Å². The molecule has 11 heteroatoms. The number of halogens is 1. The van der Waals surface area contributed by atoms with Gasteiger partial charge in [-0.2, -0.15) is 10.5 Å². The number of amides is 1. The highest BCUT2D eigenvalue weighted by atomic mass is 19.1. The zero-order chi connectivity index (χ0) is 28.6. The van der Waals surface area contributed by atoms with Crippen LogP contribution in [0.4, 0.5) is 10.2 Å². The van der Waals surface area contributed by atoms with Gasteiger partial charge < -0.3 is 20.1 Å². The maximum atomic E-state index is 14.7. The third-order valence-electron chi connectivity index (χ3n) is 6.74. The average Bonchev–Trinajstić information content (AvgIpc) is 2.98. The van der Waals surface area contributed by atoms with Crippen molar-refractivity contribution in [3.63, 3.8) is 0 Å². The molecule has 4 rings (SSSR count). The first-order chi connectivity index (χ1) is 19.4. The van der Waals surface area contributed by atoms with Gasteiger partial charge in [0.05, 0.1) is 12.7 Å². The molecule has 40 heavy (non-hydrogen) atoms. The zero-order valence-electron chi connectivity index (χ0n) is 21.7. The predicted octanol–water partition coefficient (Wildman–Crippen LogP) is 3.63. The topological polar surface area (TPSA) is 155 Å². The summed E-state index contributed by atoms with van der Waals surface area (Å²) in [5.74, 6) is -0.660. The summed E-state index contributed by atoms with van der Waals surface area (Å²) in [6, 6.07) is 13.3. The van der Waals surface area contributed by atoms with Crippen LogP contribution < -0.4 is 20.4 Å². The van der Waals surface area contributed by atoms with Crippen LogP contribution in [-0.2, 0) is 4.79 Å². The normalized spacial score (nSPS) is 13.6. The van der Waals surface area contributed by atoms with Gasteiger partial charge in [-0.1, -0.05) is 18.2 Å². The molecule has 1 saturated heterocycles. The number of hydroxylamine groups is 1. The molecule has 2 aromatic carbocycles. The van der Waals surface area contributed by atoms with Crippen molar-refractivity contribution < 1.29 is 24.2 Å². The summed E-state index contributed by atoms with van der Waals surface area (Å²) in [5.41, 5.74) is 3.59. The minimum atomic E-state index is -0.705. The molecule has 1 amide bonds. The van der Waals surface area contributed by atoms with Crippen molar-refractivity contribution in [2.75, 3.05) is 31.6 Å². The van der Waals surface area contributed by atoms with Crippen molar-refractivity contribution in [2.45, 2.75) is 18.9 Å². The molecule has 0 radical (unpaired) electrons. The Morgan fingerprint density at radius 2 is 1.95 bits per heavy atom. The van der Waals surface area contributed by atoms with Gasteiger partial charge in [0.25, 0.3) is 5.91 Å². The van der Waals surface area contributed by atoms with Gasteiger partial charge in [-0.3, -0.25) is 10.0 Å². The van der Waals surface area contributed by atoms with E-state index in [9.17, 15) is 24.8 Å². The fourth-order valence-corrected chi connectivity index (χ4v) is 4.72. The van der Waals surface area contributed by atoms with Gasteiger partial charge in [0.2, 0.25) is 0 Å². The lowest BCUT2D eigenvalue weighted by Gasteiger charge is -2.34. The first kappa shape index (κ1) is 28.0. The van der Waals surface area contributed by atoms with Crippen LogP contribution in [0.25, 0.3) is 22.3 Å². The number of aromatic nitrogens is 1. The number of hydrogen-bond acceptors (Lipinski definition) is 9. The number of phenols is 1. The fraction of sp³-hybridized carbons (Fsp3) is 0.241. The lowest BCUT2D eigenvalue weighted by atomic mass is 9.91. The van der Waals surface area contributed by atoms with Crippen LogP contribution in [0.2, 0.25) is 0 Å². The van der Waals surface area contributed by atoms with Gasteiger partial charge in [-0.15, -0.1) is 0 Å². The van der Waals surface area contributed by atoms with E-state index in [-0.39, 0.29) is 28.7 Å². The summed E-state index contributed by atoms with van der Waals surface area (Å²) in [5, 5.41) is 41.8. The lowest BCUT2D eigenvalue weighted by molar-refractivity contribution is -0.124. The first-order valence-electron chi connectivity index (χ1n) is 12.5. The van der Waals surface area contributed by atoms with Crippen molar-refractivity contribution in [1.82, 2.24) is 15.8 Å². The highest BCUT2D eigenvalue weighted by molar-refractivity contribution is 5.90. The van der Waals surface area contributed by atoms with Crippen LogP contribution in [0.15, 0.2) is 54.7 Å². The van der Waals surface area contributed by atoms with Gasteiger partial charge >= 0.3 is 0 Å². The highest BCUT2D eigenvalue weighted by Gasteiger charge is 2.26. The Hall–Kier alpha value is -4.97. The maximum absolute atomic E-state index is 14.7. The smallest absolute Gasteiger partial charge is 0.267 e. The number of aromatic hydroxyl groups is 1. The number of ether oxygens (including phenoxy) is 1. The Kier molecular flexibility index (Phi) is 8.92. The molecule has 10 nitrogen and oxygen atoms in total. The molecule has 204 valence electrons. The molecule has 1 aromatic heterocycles. The van der Waals surface area contributed by atoms with E-state index in [4.69, 9.17) is 9.94 Å². The zero-order valence-corrected chi connectivity index (χ0v) is 21.7. The molecule has 1 aliphatic heterocycles. The minimum Gasteiger partial charge on any atom is -0.504 e. The van der Waals surface area contributed by atoms with E-state index < -0.39 is 11.7 Å². The first-order valence-corrected chi connectivity index (χ1v) is 12.5. The van der Waals surface area contributed by atoms with Gasteiger partial charge in [0.1, 0.15) is 29.3 Å². The van der Waals surface area contributed by atoms with Gasteiger partial charge in [-0.25, -0.2) is 14.9 Å². The number of carbonyl (C=O) groups excluding carboxylic acids is 1. The van der Waals surface area contributed by atoms with Crippen LogP contribution in [0, 0.1) is 28.5 Å². The molecule has 4 N–H and O–H groups in total. The number of anilines is 1. The van der Waals surface area contributed by atoms with Crippen molar-refractivity contribution in [3.05, 3.63) is 71.7 Å². The Bertz CT molecular complexity index is 1520. The van der Waals surface area contributed by atoms with E-state index in [1.807, 2.05) is 11.0 Å². The van der Waals surface area contributed by atoms with Crippen molar-refractivity contribution in [1.29, 1.82) is 10.5 Å². The number of benzene rings is 2. The van der Waals surface area contributed by atoms with E-state index >= 15 is 0 Å². The van der Waals surface area contributed by atoms with Crippen molar-refractivity contribution in [2.24, 2.45) is 0 Å². The molecular formula is C29H27FN6O4. The molecular weight excluding hydrogens is 515 g/mol. The van der Waals surface area contributed by atoms with E-state index in [1.54, 1.807) is 30.5 Å². The van der Waals surface area contributed by atoms with Gasteiger partial charge in [0.15, 0.2) is 11.5 Å². The van der Waals surface area contributed by atoms with Gasteiger partial charge in [-0.05, 0) is 48.2 Å². The summed E-state index contributed by atoms with van der Waals surface area (Å²) in [7, 11) is 1.44. The quantitative estimate of drug-likeness (QED) is 0.190. The molecule has 2 heterocycles. The second-order valence-corrected chi connectivity index (χ2v) is 9.10. The standard InChI is InChI=1S/C29H27FN6O4/c1-40-26-7-6-18(14-25(26)37)23-17-34-29(22(16-32)28(23)19-4-5-20(15-31)24(30)13-19)36-11-8-21(9-12-36)33-10-2-3-27(38)35-39/h2-7,13-14,17,21,33,37,39H,8-12H2,1H3,(H,35,38)/b3-2+. The largest absolute Gasteiger partial charge is 0.504 e. The maximum Gasteiger partial charge on any atom is 0.267 e. The van der Waals surface area contributed by atoms with Crippen LogP contribution in [0.3, 0.4) is 0 Å². The number of carbonyl (C=O) groups is 1. The van der Waals surface area contributed by atoms with Crippen LogP contribution in [-0.4, -0.2) is 54.0 Å². The van der Waals surface area contributed by atoms with E-state index in [0.29, 0.717) is 47.7 Å². The molecule has 0 saturated carbocycles. The summed E-state index contributed by atoms with van der Waals surface area (Å²) in [6.45, 7) is 1.66. The average molecular weight is 543 g/mol. The summed E-state index contributed by atoms with van der Waals surface area (Å²) < 4.78 is 19.9. The number of methoxy groups -OCH3 is 1. The van der Waals surface area contributed by atoms with E-state index in [2.05, 4.69) is 16.4 Å². The van der Waals surface area contributed by atoms with Crippen LogP contribution >= 0.6 is 0 Å². The number of phenolic OH excluding ortho intramolecular Hbond substituents is 1. The summed E-state index contributed by atoms with van der Waals surface area (Å²) >= 11 is 0. The number of nitrogens with zero attached hydrogens (tertiary/aromatic N) is 4. The Morgan fingerprint density at radius 1 is 1.20 bits per heavy atom. The van der Waals surface area contributed by atoms with Gasteiger partial charge in [0, 0.05) is 49.1 Å². The SMILES string of the molecule is COc1ccc(-c2cnc(N3CCC(NC/C=C/C(=O)NO)CC3)c(C#N)c2-c2ccc(C#N)c(F)c2)cc1O. The molecule has 0 spiro atoms. The molecule has 0 unspecified atom stereocenters. The molecule has 1 aliphatic rings.